The van der Waals surface area contributed by atoms with E-state index in [1.54, 1.807) is 0 Å². The van der Waals surface area contributed by atoms with Crippen LogP contribution < -0.4 is 15.0 Å². The van der Waals surface area contributed by atoms with Crippen LogP contribution in [0.5, 0.6) is 5.75 Å². The lowest BCUT2D eigenvalue weighted by atomic mass is 9.96. The van der Waals surface area contributed by atoms with Gasteiger partial charge in [0.15, 0.2) is 0 Å². The molecule has 0 unspecified atom stereocenters. The summed E-state index contributed by atoms with van der Waals surface area (Å²) in [5, 5.41) is 3.07. The van der Waals surface area contributed by atoms with E-state index in [0.29, 0.717) is 13.2 Å². The van der Waals surface area contributed by atoms with Gasteiger partial charge in [0, 0.05) is 25.6 Å². The number of hydrogen-bond acceptors (Lipinski definition) is 4. The molecule has 3 aromatic rings. The number of para-hydroxylation sites is 2. The Hall–Kier alpha value is -3.02. The minimum absolute atomic E-state index is 0.0586. The van der Waals surface area contributed by atoms with Gasteiger partial charge >= 0.3 is 0 Å². The number of aromatic nitrogens is 2. The van der Waals surface area contributed by atoms with Crippen molar-refractivity contribution in [1.29, 1.82) is 0 Å². The number of aromatic amines is 1. The third-order valence-electron chi connectivity index (χ3n) is 5.24. The molecule has 4 rings (SSSR count). The van der Waals surface area contributed by atoms with Crippen molar-refractivity contribution in [3.8, 4) is 5.75 Å². The summed E-state index contributed by atoms with van der Waals surface area (Å²) in [5.74, 6) is 1.95. The van der Waals surface area contributed by atoms with Crippen LogP contribution in [0.4, 0.5) is 5.95 Å². The second-order valence-corrected chi connectivity index (χ2v) is 7.13. The van der Waals surface area contributed by atoms with Crippen molar-refractivity contribution in [2.75, 3.05) is 24.6 Å². The van der Waals surface area contributed by atoms with Crippen LogP contribution in [0.1, 0.15) is 25.3 Å². The Morgan fingerprint density at radius 1 is 1.18 bits per heavy atom. The van der Waals surface area contributed by atoms with Crippen LogP contribution in [0.15, 0.2) is 48.5 Å². The molecule has 1 amide bonds. The van der Waals surface area contributed by atoms with Gasteiger partial charge < -0.3 is 19.9 Å². The molecule has 0 atom stereocenters. The van der Waals surface area contributed by atoms with Crippen LogP contribution in [0.2, 0.25) is 0 Å². The van der Waals surface area contributed by atoms with Gasteiger partial charge in [0.1, 0.15) is 5.75 Å². The molecule has 2 heterocycles. The van der Waals surface area contributed by atoms with Gasteiger partial charge in [0.2, 0.25) is 11.9 Å². The number of nitrogens with zero attached hydrogens (tertiary/aromatic N) is 2. The minimum Gasteiger partial charge on any atom is -0.494 e. The van der Waals surface area contributed by atoms with Crippen molar-refractivity contribution in [3.63, 3.8) is 0 Å². The number of amides is 1. The average Bonchev–Trinajstić information content (AvgIpc) is 3.18. The molecule has 2 N–H and O–H groups in total. The van der Waals surface area contributed by atoms with Crippen molar-refractivity contribution in [3.05, 3.63) is 54.1 Å². The zero-order valence-corrected chi connectivity index (χ0v) is 16.1. The van der Waals surface area contributed by atoms with Crippen LogP contribution in [0.3, 0.4) is 0 Å². The number of nitrogens with one attached hydrogen (secondary N) is 2. The highest BCUT2D eigenvalue weighted by Gasteiger charge is 2.26. The summed E-state index contributed by atoms with van der Waals surface area (Å²) in [6.07, 6.45) is 1.68. The van der Waals surface area contributed by atoms with Gasteiger partial charge in [-0.1, -0.05) is 24.3 Å². The minimum atomic E-state index is 0.0586. The van der Waals surface area contributed by atoms with Gasteiger partial charge in [-0.3, -0.25) is 4.79 Å². The molecule has 6 nitrogen and oxygen atoms in total. The van der Waals surface area contributed by atoms with E-state index in [1.165, 1.54) is 0 Å². The second kappa shape index (κ2) is 8.33. The van der Waals surface area contributed by atoms with Crippen molar-refractivity contribution in [1.82, 2.24) is 15.3 Å². The topological polar surface area (TPSA) is 70.2 Å². The number of fused-ring (bicyclic) bond motifs is 1. The SMILES string of the molecule is CCOc1ccc(CNC(=O)C2CCN(c3nc4ccccc4[nH]3)CC2)cc1. The lowest BCUT2D eigenvalue weighted by Crippen LogP contribution is -2.40. The van der Waals surface area contributed by atoms with Gasteiger partial charge in [-0.05, 0) is 49.6 Å². The summed E-state index contributed by atoms with van der Waals surface area (Å²) in [6, 6.07) is 15.9. The third-order valence-corrected chi connectivity index (χ3v) is 5.24. The highest BCUT2D eigenvalue weighted by Crippen LogP contribution is 2.23. The lowest BCUT2D eigenvalue weighted by molar-refractivity contribution is -0.125. The van der Waals surface area contributed by atoms with Crippen LogP contribution in [0, 0.1) is 5.92 Å². The zero-order chi connectivity index (χ0) is 19.3. The molecular weight excluding hydrogens is 352 g/mol. The largest absolute Gasteiger partial charge is 0.494 e. The molecule has 1 aliphatic heterocycles. The number of carbonyl (C=O) groups is 1. The predicted octanol–water partition coefficient (Wildman–Crippen LogP) is 3.49. The molecule has 1 aromatic heterocycles. The molecule has 0 spiro atoms. The molecule has 6 heteroatoms. The number of ether oxygens (including phenoxy) is 1. The zero-order valence-electron chi connectivity index (χ0n) is 16.1. The maximum Gasteiger partial charge on any atom is 0.223 e. The van der Waals surface area contributed by atoms with Crippen molar-refractivity contribution in [2.45, 2.75) is 26.3 Å². The molecule has 1 aliphatic rings. The molecule has 1 saturated heterocycles. The van der Waals surface area contributed by atoms with Gasteiger partial charge in [-0.15, -0.1) is 0 Å². The number of rotatable bonds is 6. The number of H-pyrrole nitrogens is 1. The van der Waals surface area contributed by atoms with Gasteiger partial charge in [0.25, 0.3) is 0 Å². The van der Waals surface area contributed by atoms with Gasteiger partial charge in [-0.25, -0.2) is 4.98 Å². The van der Waals surface area contributed by atoms with Gasteiger partial charge in [0.05, 0.1) is 17.6 Å². The normalized spacial score (nSPS) is 15.0. The van der Waals surface area contributed by atoms with E-state index >= 15 is 0 Å². The Balaban J connectivity index is 1.27. The predicted molar refractivity (Wildman–Crippen MR) is 110 cm³/mol. The lowest BCUT2D eigenvalue weighted by Gasteiger charge is -2.31. The van der Waals surface area contributed by atoms with E-state index in [1.807, 2.05) is 55.5 Å². The first kappa shape index (κ1) is 18.3. The Morgan fingerprint density at radius 2 is 1.93 bits per heavy atom. The fourth-order valence-electron chi connectivity index (χ4n) is 3.65. The molecule has 0 saturated carbocycles. The molecule has 2 aromatic carbocycles. The highest BCUT2D eigenvalue weighted by molar-refractivity contribution is 5.79. The van der Waals surface area contributed by atoms with Crippen molar-refractivity contribution < 1.29 is 9.53 Å². The van der Waals surface area contributed by atoms with E-state index in [4.69, 9.17) is 4.74 Å². The van der Waals surface area contributed by atoms with E-state index in [9.17, 15) is 4.79 Å². The molecular formula is C22H26N4O2. The maximum atomic E-state index is 12.5. The molecule has 0 radical (unpaired) electrons. The molecule has 28 heavy (non-hydrogen) atoms. The number of carbonyl (C=O) groups excluding carboxylic acids is 1. The quantitative estimate of drug-likeness (QED) is 0.689. The third kappa shape index (κ3) is 4.11. The summed E-state index contributed by atoms with van der Waals surface area (Å²) < 4.78 is 5.45. The molecule has 1 fully saturated rings. The van der Waals surface area contributed by atoms with Crippen LogP contribution in [-0.2, 0) is 11.3 Å². The molecule has 0 bridgehead atoms. The Bertz CT molecular complexity index is 894. The summed E-state index contributed by atoms with van der Waals surface area (Å²) in [5.41, 5.74) is 3.11. The van der Waals surface area contributed by atoms with Crippen LogP contribution >= 0.6 is 0 Å². The van der Waals surface area contributed by atoms with E-state index in [-0.39, 0.29) is 11.8 Å². The Morgan fingerprint density at radius 3 is 2.64 bits per heavy atom. The number of hydrogen-bond donors (Lipinski definition) is 2. The first-order chi connectivity index (χ1) is 13.7. The van der Waals surface area contributed by atoms with E-state index in [2.05, 4.69) is 20.2 Å². The number of imidazole rings is 1. The highest BCUT2D eigenvalue weighted by atomic mass is 16.5. The van der Waals surface area contributed by atoms with Crippen molar-refractivity contribution >= 4 is 22.9 Å². The summed E-state index contributed by atoms with van der Waals surface area (Å²) in [7, 11) is 0. The Kier molecular flexibility index (Phi) is 5.46. The molecule has 0 aliphatic carbocycles. The fourth-order valence-corrected chi connectivity index (χ4v) is 3.65. The van der Waals surface area contributed by atoms with Crippen molar-refractivity contribution in [2.24, 2.45) is 5.92 Å². The first-order valence-corrected chi connectivity index (χ1v) is 9.92. The maximum absolute atomic E-state index is 12.5. The van der Waals surface area contributed by atoms with Gasteiger partial charge in [-0.2, -0.15) is 0 Å². The second-order valence-electron chi connectivity index (χ2n) is 7.13. The standard InChI is InChI=1S/C22H26N4O2/c1-2-28-18-9-7-16(8-10-18)15-23-21(27)17-11-13-26(14-12-17)22-24-19-5-3-4-6-20(19)25-22/h3-10,17H,2,11-15H2,1H3,(H,23,27)(H,24,25). The summed E-state index contributed by atoms with van der Waals surface area (Å²) in [6.45, 7) is 4.84. The molecule has 146 valence electrons. The average molecular weight is 378 g/mol. The van der Waals surface area contributed by atoms with Crippen LogP contribution in [0.25, 0.3) is 11.0 Å². The van der Waals surface area contributed by atoms with E-state index < -0.39 is 0 Å². The summed E-state index contributed by atoms with van der Waals surface area (Å²) in [4.78, 5) is 22.8. The Labute approximate surface area is 164 Å². The van der Waals surface area contributed by atoms with Crippen LogP contribution in [-0.4, -0.2) is 35.6 Å². The number of anilines is 1. The van der Waals surface area contributed by atoms with E-state index in [0.717, 1.165) is 54.2 Å². The monoisotopic (exact) mass is 378 g/mol. The smallest absolute Gasteiger partial charge is 0.223 e. The summed E-state index contributed by atoms with van der Waals surface area (Å²) >= 11 is 0. The number of piperidine rings is 1. The number of benzene rings is 2. The fraction of sp³-hybridized carbons (Fsp3) is 0.364. The first-order valence-electron chi connectivity index (χ1n) is 9.92.